The molecule has 8 heteroatoms. The zero-order chi connectivity index (χ0) is 22.4. The molecule has 0 saturated carbocycles. The standard InChI is InChI=1S/C23H30N2O5S/c1-17-6-11-22(18(2)16-17)30-19(3)23(26)24-12-15-29-20-7-9-21(10-8-20)31(27,28)25-13-4-5-14-25/h6-11,16,19H,4-5,12-15H2,1-3H3,(H,24,26). The average Bonchev–Trinajstić information content (AvgIpc) is 3.29. The summed E-state index contributed by atoms with van der Waals surface area (Å²) in [7, 11) is -3.43. The van der Waals surface area contributed by atoms with Crippen LogP contribution in [-0.2, 0) is 14.8 Å². The van der Waals surface area contributed by atoms with E-state index in [2.05, 4.69) is 5.32 Å². The minimum atomic E-state index is -3.43. The molecule has 0 spiro atoms. The van der Waals surface area contributed by atoms with Crippen molar-refractivity contribution in [2.24, 2.45) is 0 Å². The summed E-state index contributed by atoms with van der Waals surface area (Å²) in [4.78, 5) is 12.5. The minimum Gasteiger partial charge on any atom is -0.492 e. The van der Waals surface area contributed by atoms with Gasteiger partial charge in [0.2, 0.25) is 10.0 Å². The highest BCUT2D eigenvalue weighted by atomic mass is 32.2. The molecule has 0 bridgehead atoms. The number of benzene rings is 2. The smallest absolute Gasteiger partial charge is 0.260 e. The number of nitrogens with one attached hydrogen (secondary N) is 1. The number of carbonyl (C=O) groups excluding carboxylic acids is 1. The van der Waals surface area contributed by atoms with Crippen LogP contribution >= 0.6 is 0 Å². The molecule has 168 valence electrons. The van der Waals surface area contributed by atoms with Crippen LogP contribution in [0.25, 0.3) is 0 Å². The second-order valence-electron chi connectivity index (χ2n) is 7.75. The van der Waals surface area contributed by atoms with Crippen molar-refractivity contribution in [3.8, 4) is 11.5 Å². The zero-order valence-corrected chi connectivity index (χ0v) is 19.1. The fourth-order valence-corrected chi connectivity index (χ4v) is 4.96. The number of rotatable bonds is 9. The number of aryl methyl sites for hydroxylation is 2. The van der Waals surface area contributed by atoms with Gasteiger partial charge in [0.15, 0.2) is 6.10 Å². The van der Waals surface area contributed by atoms with E-state index < -0.39 is 16.1 Å². The van der Waals surface area contributed by atoms with E-state index in [1.54, 1.807) is 31.2 Å². The Morgan fingerprint density at radius 1 is 1.10 bits per heavy atom. The zero-order valence-electron chi connectivity index (χ0n) is 18.3. The van der Waals surface area contributed by atoms with Crippen molar-refractivity contribution >= 4 is 15.9 Å². The Hall–Kier alpha value is -2.58. The first-order valence-corrected chi connectivity index (χ1v) is 12.0. The van der Waals surface area contributed by atoms with Crippen LogP contribution in [0.5, 0.6) is 11.5 Å². The van der Waals surface area contributed by atoms with E-state index in [1.165, 1.54) is 4.31 Å². The van der Waals surface area contributed by atoms with E-state index in [0.29, 0.717) is 31.1 Å². The van der Waals surface area contributed by atoms with E-state index in [0.717, 1.165) is 24.0 Å². The number of carbonyl (C=O) groups is 1. The molecule has 1 unspecified atom stereocenters. The molecule has 7 nitrogen and oxygen atoms in total. The van der Waals surface area contributed by atoms with Crippen LogP contribution in [0.15, 0.2) is 47.4 Å². The van der Waals surface area contributed by atoms with Gasteiger partial charge in [0.05, 0.1) is 11.4 Å². The molecule has 1 aliphatic rings. The molecule has 1 heterocycles. The molecule has 2 aromatic carbocycles. The maximum Gasteiger partial charge on any atom is 0.260 e. The monoisotopic (exact) mass is 446 g/mol. The summed E-state index contributed by atoms with van der Waals surface area (Å²) in [5.41, 5.74) is 2.12. The topological polar surface area (TPSA) is 84.9 Å². The van der Waals surface area contributed by atoms with Crippen molar-refractivity contribution in [1.82, 2.24) is 9.62 Å². The van der Waals surface area contributed by atoms with Crippen LogP contribution in [0.2, 0.25) is 0 Å². The maximum atomic E-state index is 12.5. The third-order valence-electron chi connectivity index (χ3n) is 5.20. The van der Waals surface area contributed by atoms with Crippen LogP contribution in [-0.4, -0.2) is 51.0 Å². The summed E-state index contributed by atoms with van der Waals surface area (Å²) in [6, 6.07) is 12.2. The first-order chi connectivity index (χ1) is 14.8. The summed E-state index contributed by atoms with van der Waals surface area (Å²) >= 11 is 0. The van der Waals surface area contributed by atoms with Crippen LogP contribution in [0.4, 0.5) is 0 Å². The minimum absolute atomic E-state index is 0.226. The summed E-state index contributed by atoms with van der Waals surface area (Å²) in [5.74, 6) is 1.01. The predicted molar refractivity (Wildman–Crippen MR) is 119 cm³/mol. The lowest BCUT2D eigenvalue weighted by Crippen LogP contribution is -2.38. The Morgan fingerprint density at radius 2 is 1.77 bits per heavy atom. The largest absolute Gasteiger partial charge is 0.492 e. The second kappa shape index (κ2) is 10.2. The fraction of sp³-hybridized carbons (Fsp3) is 0.435. The van der Waals surface area contributed by atoms with E-state index in [-0.39, 0.29) is 17.4 Å². The average molecular weight is 447 g/mol. The van der Waals surface area contributed by atoms with Crippen LogP contribution in [0, 0.1) is 13.8 Å². The van der Waals surface area contributed by atoms with Gasteiger partial charge in [0, 0.05) is 13.1 Å². The molecular weight excluding hydrogens is 416 g/mol. The molecule has 1 fully saturated rings. The SMILES string of the molecule is Cc1ccc(OC(C)C(=O)NCCOc2ccc(S(=O)(=O)N3CCCC3)cc2)c(C)c1. The number of nitrogens with zero attached hydrogens (tertiary/aromatic N) is 1. The van der Waals surface area contributed by atoms with Gasteiger partial charge in [-0.15, -0.1) is 0 Å². The number of sulfonamides is 1. The van der Waals surface area contributed by atoms with Crippen molar-refractivity contribution in [2.75, 3.05) is 26.2 Å². The van der Waals surface area contributed by atoms with E-state index >= 15 is 0 Å². The van der Waals surface area contributed by atoms with Crippen molar-refractivity contribution in [3.63, 3.8) is 0 Å². The van der Waals surface area contributed by atoms with E-state index in [1.807, 2.05) is 32.0 Å². The Morgan fingerprint density at radius 3 is 2.42 bits per heavy atom. The normalized spacial score (nSPS) is 15.5. The van der Waals surface area contributed by atoms with Gasteiger partial charge in [-0.05, 0) is 69.5 Å². The summed E-state index contributed by atoms with van der Waals surface area (Å²) in [5, 5.41) is 2.79. The van der Waals surface area contributed by atoms with Crippen LogP contribution < -0.4 is 14.8 Å². The number of ether oxygens (including phenoxy) is 2. The Kier molecular flexibility index (Phi) is 7.56. The summed E-state index contributed by atoms with van der Waals surface area (Å²) in [6.45, 7) is 7.38. The first kappa shape index (κ1) is 23.1. The van der Waals surface area contributed by atoms with Crippen molar-refractivity contribution in [2.45, 2.75) is 44.6 Å². The molecule has 0 radical (unpaired) electrons. The van der Waals surface area contributed by atoms with Crippen molar-refractivity contribution < 1.29 is 22.7 Å². The van der Waals surface area contributed by atoms with Gasteiger partial charge in [0.1, 0.15) is 18.1 Å². The molecular formula is C23H30N2O5S. The molecule has 1 saturated heterocycles. The highest BCUT2D eigenvalue weighted by molar-refractivity contribution is 7.89. The van der Waals surface area contributed by atoms with Crippen LogP contribution in [0.1, 0.15) is 30.9 Å². The fourth-order valence-electron chi connectivity index (χ4n) is 3.45. The van der Waals surface area contributed by atoms with Gasteiger partial charge < -0.3 is 14.8 Å². The van der Waals surface area contributed by atoms with Crippen LogP contribution in [0.3, 0.4) is 0 Å². The lowest BCUT2D eigenvalue weighted by Gasteiger charge is -2.17. The van der Waals surface area contributed by atoms with Gasteiger partial charge in [-0.2, -0.15) is 4.31 Å². The molecule has 0 aromatic heterocycles. The third kappa shape index (κ3) is 5.98. The third-order valence-corrected chi connectivity index (χ3v) is 7.11. The lowest BCUT2D eigenvalue weighted by atomic mass is 10.1. The van der Waals surface area contributed by atoms with Gasteiger partial charge in [-0.3, -0.25) is 4.79 Å². The predicted octanol–water partition coefficient (Wildman–Crippen LogP) is 3.05. The highest BCUT2D eigenvalue weighted by Crippen LogP contribution is 2.23. The maximum absolute atomic E-state index is 12.5. The van der Waals surface area contributed by atoms with Gasteiger partial charge in [0.25, 0.3) is 5.91 Å². The summed E-state index contributed by atoms with van der Waals surface area (Å²) < 4.78 is 38.0. The highest BCUT2D eigenvalue weighted by Gasteiger charge is 2.26. The van der Waals surface area contributed by atoms with E-state index in [9.17, 15) is 13.2 Å². The Bertz CT molecular complexity index is 999. The molecule has 2 aromatic rings. The second-order valence-corrected chi connectivity index (χ2v) is 9.69. The number of hydrogen-bond donors (Lipinski definition) is 1. The molecule has 3 rings (SSSR count). The molecule has 1 N–H and O–H groups in total. The first-order valence-electron chi connectivity index (χ1n) is 10.5. The Balaban J connectivity index is 1.43. The lowest BCUT2D eigenvalue weighted by molar-refractivity contribution is -0.127. The quantitative estimate of drug-likeness (QED) is 0.599. The van der Waals surface area contributed by atoms with E-state index in [4.69, 9.17) is 9.47 Å². The number of amides is 1. The molecule has 31 heavy (non-hydrogen) atoms. The number of hydrogen-bond acceptors (Lipinski definition) is 5. The molecule has 1 atom stereocenters. The molecule has 0 aliphatic carbocycles. The van der Waals surface area contributed by atoms with Gasteiger partial charge >= 0.3 is 0 Å². The molecule has 1 aliphatic heterocycles. The van der Waals surface area contributed by atoms with Crippen molar-refractivity contribution in [1.29, 1.82) is 0 Å². The van der Waals surface area contributed by atoms with Crippen molar-refractivity contribution in [3.05, 3.63) is 53.6 Å². The Labute approximate surface area is 184 Å². The molecule has 1 amide bonds. The van der Waals surface area contributed by atoms with Gasteiger partial charge in [-0.25, -0.2) is 8.42 Å². The van der Waals surface area contributed by atoms with Gasteiger partial charge in [-0.1, -0.05) is 17.7 Å². The summed E-state index contributed by atoms with van der Waals surface area (Å²) in [6.07, 6.45) is 1.18.